The molecule has 58 valence electrons. The first kappa shape index (κ1) is 6.65. The zero-order valence-corrected chi connectivity index (χ0v) is 6.31. The molecule has 0 aromatic heterocycles. The van der Waals surface area contributed by atoms with E-state index in [0.29, 0.717) is 12.1 Å². The Kier molecular flexibility index (Phi) is 1.53. The van der Waals surface area contributed by atoms with E-state index in [0.717, 1.165) is 19.3 Å². The zero-order chi connectivity index (χ0) is 7.68. The van der Waals surface area contributed by atoms with Gasteiger partial charge in [0.1, 0.15) is 0 Å². The van der Waals surface area contributed by atoms with Crippen LogP contribution in [-0.2, 0) is 4.79 Å². The average molecular weight is 149 g/mol. The number of hydrogen-bond donors (Lipinski definition) is 0. The lowest BCUT2D eigenvalue weighted by atomic mass is 10.1. The summed E-state index contributed by atoms with van der Waals surface area (Å²) in [6.07, 6.45) is 11.4. The zero-order valence-electron chi connectivity index (χ0n) is 6.31. The van der Waals surface area contributed by atoms with Crippen molar-refractivity contribution in [3.05, 3.63) is 24.3 Å². The maximum absolute atomic E-state index is 10.6. The smallest absolute Gasteiger partial charge is 0.210 e. The van der Waals surface area contributed by atoms with Gasteiger partial charge in [-0.05, 0) is 12.8 Å². The summed E-state index contributed by atoms with van der Waals surface area (Å²) in [6, 6.07) is 0.708. The van der Waals surface area contributed by atoms with E-state index in [1.165, 1.54) is 0 Å². The molecule has 2 heteroatoms. The van der Waals surface area contributed by atoms with Crippen molar-refractivity contribution in [2.24, 2.45) is 0 Å². The number of amides is 1. The molecular weight excluding hydrogens is 138 g/mol. The van der Waals surface area contributed by atoms with E-state index in [9.17, 15) is 4.79 Å². The van der Waals surface area contributed by atoms with Crippen molar-refractivity contribution in [2.75, 3.05) is 0 Å². The van der Waals surface area contributed by atoms with Gasteiger partial charge >= 0.3 is 0 Å². The Bertz CT molecular complexity index is 200. The third kappa shape index (κ3) is 0.985. The van der Waals surface area contributed by atoms with Crippen molar-refractivity contribution in [2.45, 2.75) is 24.9 Å². The van der Waals surface area contributed by atoms with Crippen LogP contribution in [0.1, 0.15) is 12.8 Å². The van der Waals surface area contributed by atoms with E-state index >= 15 is 0 Å². The molecule has 2 unspecified atom stereocenters. The van der Waals surface area contributed by atoms with Crippen LogP contribution in [-0.4, -0.2) is 23.4 Å². The molecule has 0 radical (unpaired) electrons. The predicted molar refractivity (Wildman–Crippen MR) is 43.0 cm³/mol. The first-order valence-corrected chi connectivity index (χ1v) is 3.99. The number of allylic oxidation sites excluding steroid dienone is 2. The third-order valence-corrected chi connectivity index (χ3v) is 2.42. The Hall–Kier alpha value is -1.05. The van der Waals surface area contributed by atoms with E-state index in [2.05, 4.69) is 12.2 Å². The van der Waals surface area contributed by atoms with Crippen molar-refractivity contribution in [1.82, 2.24) is 4.90 Å². The van der Waals surface area contributed by atoms with Gasteiger partial charge in [-0.25, -0.2) is 0 Å². The van der Waals surface area contributed by atoms with Gasteiger partial charge in [0, 0.05) is 0 Å². The SMILES string of the molecule is O=CN1C2C=CC=CC1CC2. The predicted octanol–water partition coefficient (Wildman–Crippen LogP) is 1.10. The van der Waals surface area contributed by atoms with E-state index in [1.807, 2.05) is 17.1 Å². The summed E-state index contributed by atoms with van der Waals surface area (Å²) in [5.41, 5.74) is 0. The van der Waals surface area contributed by atoms with Crippen molar-refractivity contribution in [1.29, 1.82) is 0 Å². The number of rotatable bonds is 1. The van der Waals surface area contributed by atoms with Gasteiger partial charge in [0.15, 0.2) is 0 Å². The van der Waals surface area contributed by atoms with E-state index in [1.54, 1.807) is 0 Å². The summed E-state index contributed by atoms with van der Waals surface area (Å²) >= 11 is 0. The van der Waals surface area contributed by atoms with Crippen LogP contribution in [0.4, 0.5) is 0 Å². The molecule has 2 nitrogen and oxygen atoms in total. The highest BCUT2D eigenvalue weighted by molar-refractivity contribution is 5.51. The largest absolute Gasteiger partial charge is 0.332 e. The van der Waals surface area contributed by atoms with Crippen LogP contribution in [0.2, 0.25) is 0 Å². The van der Waals surface area contributed by atoms with Crippen LogP contribution < -0.4 is 0 Å². The molecule has 2 heterocycles. The lowest BCUT2D eigenvalue weighted by Crippen LogP contribution is -2.31. The number of nitrogens with zero attached hydrogens (tertiary/aromatic N) is 1. The Morgan fingerprint density at radius 1 is 1.18 bits per heavy atom. The fourth-order valence-corrected chi connectivity index (χ4v) is 1.82. The molecule has 0 aromatic carbocycles. The minimum atomic E-state index is 0.354. The Balaban J connectivity index is 2.28. The van der Waals surface area contributed by atoms with Crippen LogP contribution in [0.25, 0.3) is 0 Å². The van der Waals surface area contributed by atoms with Gasteiger partial charge < -0.3 is 4.90 Å². The van der Waals surface area contributed by atoms with E-state index in [-0.39, 0.29) is 0 Å². The van der Waals surface area contributed by atoms with Crippen LogP contribution >= 0.6 is 0 Å². The minimum Gasteiger partial charge on any atom is -0.332 e. The maximum Gasteiger partial charge on any atom is 0.210 e. The summed E-state index contributed by atoms with van der Waals surface area (Å²) in [7, 11) is 0. The molecule has 11 heavy (non-hydrogen) atoms. The molecule has 0 N–H and O–H groups in total. The van der Waals surface area contributed by atoms with Crippen molar-refractivity contribution in [3.8, 4) is 0 Å². The van der Waals surface area contributed by atoms with Gasteiger partial charge in [-0.2, -0.15) is 0 Å². The summed E-state index contributed by atoms with van der Waals surface area (Å²) in [5, 5.41) is 0. The quantitative estimate of drug-likeness (QED) is 0.511. The molecule has 0 saturated carbocycles. The third-order valence-electron chi connectivity index (χ3n) is 2.42. The Labute approximate surface area is 66.2 Å². The van der Waals surface area contributed by atoms with Gasteiger partial charge in [0.05, 0.1) is 12.1 Å². The summed E-state index contributed by atoms with van der Waals surface area (Å²) in [5.74, 6) is 0. The molecule has 0 aliphatic carbocycles. The minimum absolute atomic E-state index is 0.354. The Morgan fingerprint density at radius 2 is 1.73 bits per heavy atom. The van der Waals surface area contributed by atoms with Gasteiger partial charge in [-0.1, -0.05) is 24.3 Å². The van der Waals surface area contributed by atoms with Crippen LogP contribution in [0.15, 0.2) is 24.3 Å². The van der Waals surface area contributed by atoms with E-state index < -0.39 is 0 Å². The highest BCUT2D eigenvalue weighted by Crippen LogP contribution is 2.25. The molecule has 2 atom stereocenters. The van der Waals surface area contributed by atoms with Crippen molar-refractivity contribution in [3.63, 3.8) is 0 Å². The lowest BCUT2D eigenvalue weighted by Gasteiger charge is -2.20. The number of fused-ring (bicyclic) bond motifs is 2. The molecule has 2 bridgehead atoms. The molecule has 0 aromatic rings. The van der Waals surface area contributed by atoms with Gasteiger partial charge in [-0.3, -0.25) is 4.79 Å². The molecule has 2 rings (SSSR count). The average Bonchev–Trinajstić information content (AvgIpc) is 2.23. The van der Waals surface area contributed by atoms with Crippen LogP contribution in [0.5, 0.6) is 0 Å². The molecule has 1 amide bonds. The van der Waals surface area contributed by atoms with Crippen LogP contribution in [0.3, 0.4) is 0 Å². The highest BCUT2D eigenvalue weighted by Gasteiger charge is 2.29. The monoisotopic (exact) mass is 149 g/mol. The number of carbonyl (C=O) groups is 1. The fourth-order valence-electron chi connectivity index (χ4n) is 1.82. The molecule has 1 saturated heterocycles. The summed E-state index contributed by atoms with van der Waals surface area (Å²) < 4.78 is 0. The second kappa shape index (κ2) is 2.53. The maximum atomic E-state index is 10.6. The van der Waals surface area contributed by atoms with Crippen LogP contribution in [0, 0.1) is 0 Å². The normalized spacial score (nSPS) is 34.0. The van der Waals surface area contributed by atoms with Crippen molar-refractivity contribution >= 4 is 6.41 Å². The molecule has 0 spiro atoms. The fraction of sp³-hybridized carbons (Fsp3) is 0.444. The first-order valence-electron chi connectivity index (χ1n) is 3.99. The second-order valence-corrected chi connectivity index (χ2v) is 3.03. The van der Waals surface area contributed by atoms with Gasteiger partial charge in [0.25, 0.3) is 0 Å². The first-order chi connectivity index (χ1) is 5.42. The summed E-state index contributed by atoms with van der Waals surface area (Å²) in [4.78, 5) is 12.5. The summed E-state index contributed by atoms with van der Waals surface area (Å²) in [6.45, 7) is 0. The topological polar surface area (TPSA) is 20.3 Å². The van der Waals surface area contributed by atoms with E-state index in [4.69, 9.17) is 0 Å². The van der Waals surface area contributed by atoms with Gasteiger partial charge in [0.2, 0.25) is 6.41 Å². The number of carbonyl (C=O) groups excluding carboxylic acids is 1. The standard InChI is InChI=1S/C9H11NO/c11-7-10-8-3-1-2-4-9(10)6-5-8/h1-4,7-9H,5-6H2. The molecule has 2 aliphatic heterocycles. The van der Waals surface area contributed by atoms with Gasteiger partial charge in [-0.15, -0.1) is 0 Å². The number of hydrogen-bond acceptors (Lipinski definition) is 1. The Morgan fingerprint density at radius 3 is 2.18 bits per heavy atom. The van der Waals surface area contributed by atoms with Crippen molar-refractivity contribution < 1.29 is 4.79 Å². The lowest BCUT2D eigenvalue weighted by molar-refractivity contribution is -0.119. The molecule has 2 aliphatic rings. The molecule has 1 fully saturated rings. The second-order valence-electron chi connectivity index (χ2n) is 3.03. The highest BCUT2D eigenvalue weighted by atomic mass is 16.1. The molecular formula is C9H11NO.